The smallest absolute Gasteiger partial charge is 0.0117 e. The minimum Gasteiger partial charge on any atom is -0.317 e. The summed E-state index contributed by atoms with van der Waals surface area (Å²) in [5.41, 5.74) is 3.08. The van der Waals surface area contributed by atoms with Gasteiger partial charge in [-0.05, 0) is 56.1 Å². The first-order chi connectivity index (χ1) is 9.90. The van der Waals surface area contributed by atoms with Crippen molar-refractivity contribution in [1.82, 2.24) is 10.2 Å². The Balaban J connectivity index is 2.57. The molecule has 1 atom stereocenters. The van der Waals surface area contributed by atoms with Crippen LogP contribution in [0.2, 0.25) is 0 Å². The second-order valence-electron chi connectivity index (χ2n) is 6.95. The van der Waals surface area contributed by atoms with Gasteiger partial charge in [-0.1, -0.05) is 58.9 Å². The van der Waals surface area contributed by atoms with E-state index in [0.717, 1.165) is 19.5 Å². The number of likely N-dealkylation sites (N-methyl/N-ethyl adjacent to an activating group) is 1. The summed E-state index contributed by atoms with van der Waals surface area (Å²) in [5, 5.41) is 3.47. The number of benzene rings is 1. The molecule has 0 fully saturated rings. The SMILES string of the molecule is CCN(CC)CCC(Cc1ccc(C(C)(C)C)cc1)NC. The fraction of sp³-hybridized carbons (Fsp3) is 0.684. The van der Waals surface area contributed by atoms with Crippen molar-refractivity contribution in [2.75, 3.05) is 26.7 Å². The maximum Gasteiger partial charge on any atom is 0.0117 e. The van der Waals surface area contributed by atoms with E-state index < -0.39 is 0 Å². The van der Waals surface area contributed by atoms with Gasteiger partial charge < -0.3 is 10.2 Å². The fourth-order valence-corrected chi connectivity index (χ4v) is 2.65. The minimum absolute atomic E-state index is 0.240. The van der Waals surface area contributed by atoms with E-state index >= 15 is 0 Å². The standard InChI is InChI=1S/C19H34N2/c1-7-21(8-2)14-13-18(20-6)15-16-9-11-17(12-10-16)19(3,4)5/h9-12,18,20H,7-8,13-15H2,1-6H3. The van der Waals surface area contributed by atoms with Crippen LogP contribution in [0.15, 0.2) is 24.3 Å². The molecule has 0 aromatic heterocycles. The molecule has 0 saturated heterocycles. The monoisotopic (exact) mass is 290 g/mol. The van der Waals surface area contributed by atoms with Crippen molar-refractivity contribution < 1.29 is 0 Å². The summed E-state index contributed by atoms with van der Waals surface area (Å²) in [7, 11) is 2.08. The van der Waals surface area contributed by atoms with E-state index in [1.165, 1.54) is 24.1 Å². The highest BCUT2D eigenvalue weighted by Gasteiger charge is 2.14. The Kier molecular flexibility index (Phi) is 7.41. The van der Waals surface area contributed by atoms with Gasteiger partial charge in [0, 0.05) is 6.04 Å². The van der Waals surface area contributed by atoms with Gasteiger partial charge in [0.15, 0.2) is 0 Å². The van der Waals surface area contributed by atoms with E-state index in [4.69, 9.17) is 0 Å². The van der Waals surface area contributed by atoms with Crippen molar-refractivity contribution in [1.29, 1.82) is 0 Å². The molecule has 0 heterocycles. The Labute approximate surface area is 131 Å². The Morgan fingerprint density at radius 2 is 1.62 bits per heavy atom. The average molecular weight is 290 g/mol. The van der Waals surface area contributed by atoms with E-state index in [2.05, 4.69) is 76.1 Å². The molecule has 0 aliphatic rings. The molecule has 2 heteroatoms. The van der Waals surface area contributed by atoms with Gasteiger partial charge in [-0.2, -0.15) is 0 Å². The van der Waals surface area contributed by atoms with Gasteiger partial charge in [-0.15, -0.1) is 0 Å². The second-order valence-corrected chi connectivity index (χ2v) is 6.95. The molecule has 0 aliphatic heterocycles. The number of hydrogen-bond donors (Lipinski definition) is 1. The number of nitrogens with zero attached hydrogens (tertiary/aromatic N) is 1. The molecule has 0 spiro atoms. The first kappa shape index (κ1) is 18.2. The number of nitrogens with one attached hydrogen (secondary N) is 1. The van der Waals surface area contributed by atoms with Crippen LogP contribution in [0.3, 0.4) is 0 Å². The fourth-order valence-electron chi connectivity index (χ4n) is 2.65. The van der Waals surface area contributed by atoms with E-state index in [-0.39, 0.29) is 5.41 Å². The molecule has 0 saturated carbocycles. The number of rotatable bonds is 8. The first-order valence-corrected chi connectivity index (χ1v) is 8.39. The molecule has 1 rings (SSSR count). The largest absolute Gasteiger partial charge is 0.317 e. The zero-order valence-corrected chi connectivity index (χ0v) is 14.9. The molecular weight excluding hydrogens is 256 g/mol. The van der Waals surface area contributed by atoms with Crippen molar-refractivity contribution in [3.63, 3.8) is 0 Å². The molecular formula is C19H34N2. The van der Waals surface area contributed by atoms with Crippen LogP contribution in [-0.4, -0.2) is 37.6 Å². The van der Waals surface area contributed by atoms with Crippen LogP contribution in [-0.2, 0) is 11.8 Å². The highest BCUT2D eigenvalue weighted by atomic mass is 15.1. The molecule has 0 radical (unpaired) electrons. The molecule has 0 aliphatic carbocycles. The lowest BCUT2D eigenvalue weighted by Gasteiger charge is -2.23. The summed E-state index contributed by atoms with van der Waals surface area (Å²) in [5.74, 6) is 0. The third-order valence-electron chi connectivity index (χ3n) is 4.40. The van der Waals surface area contributed by atoms with Crippen LogP contribution in [0.4, 0.5) is 0 Å². The molecule has 0 bridgehead atoms. The van der Waals surface area contributed by atoms with Gasteiger partial charge in [-0.25, -0.2) is 0 Å². The van der Waals surface area contributed by atoms with Gasteiger partial charge in [-0.3, -0.25) is 0 Å². The highest BCUT2D eigenvalue weighted by molar-refractivity contribution is 5.28. The summed E-state index contributed by atoms with van der Waals surface area (Å²) >= 11 is 0. The Morgan fingerprint density at radius 3 is 2.05 bits per heavy atom. The topological polar surface area (TPSA) is 15.3 Å². The highest BCUT2D eigenvalue weighted by Crippen LogP contribution is 2.22. The third kappa shape index (κ3) is 6.19. The van der Waals surface area contributed by atoms with Crippen molar-refractivity contribution in [2.45, 2.75) is 58.9 Å². The van der Waals surface area contributed by atoms with Crippen molar-refractivity contribution in [3.05, 3.63) is 35.4 Å². The lowest BCUT2D eigenvalue weighted by Crippen LogP contribution is -2.33. The quantitative estimate of drug-likeness (QED) is 0.782. The predicted molar refractivity (Wildman–Crippen MR) is 94.1 cm³/mol. The zero-order valence-electron chi connectivity index (χ0n) is 14.9. The Morgan fingerprint density at radius 1 is 1.05 bits per heavy atom. The van der Waals surface area contributed by atoms with Crippen LogP contribution in [0, 0.1) is 0 Å². The van der Waals surface area contributed by atoms with E-state index in [9.17, 15) is 0 Å². The lowest BCUT2D eigenvalue weighted by atomic mass is 9.86. The molecule has 2 nitrogen and oxygen atoms in total. The summed E-state index contributed by atoms with van der Waals surface area (Å²) in [6.07, 6.45) is 2.32. The maximum atomic E-state index is 3.47. The lowest BCUT2D eigenvalue weighted by molar-refractivity contribution is 0.283. The van der Waals surface area contributed by atoms with Gasteiger partial charge in [0.05, 0.1) is 0 Å². The number of hydrogen-bond acceptors (Lipinski definition) is 2. The Hall–Kier alpha value is -0.860. The van der Waals surface area contributed by atoms with Crippen LogP contribution in [0.25, 0.3) is 0 Å². The third-order valence-corrected chi connectivity index (χ3v) is 4.40. The van der Waals surface area contributed by atoms with Crippen molar-refractivity contribution in [3.8, 4) is 0 Å². The summed E-state index contributed by atoms with van der Waals surface area (Å²) in [4.78, 5) is 2.49. The molecule has 1 unspecified atom stereocenters. The van der Waals surface area contributed by atoms with Gasteiger partial charge in [0.1, 0.15) is 0 Å². The average Bonchev–Trinajstić information content (AvgIpc) is 2.46. The van der Waals surface area contributed by atoms with E-state index in [1.807, 2.05) is 0 Å². The molecule has 1 aromatic rings. The first-order valence-electron chi connectivity index (χ1n) is 8.39. The summed E-state index contributed by atoms with van der Waals surface area (Å²) < 4.78 is 0. The normalized spacial score (nSPS) is 13.7. The van der Waals surface area contributed by atoms with Crippen LogP contribution < -0.4 is 5.32 Å². The van der Waals surface area contributed by atoms with Gasteiger partial charge >= 0.3 is 0 Å². The molecule has 21 heavy (non-hydrogen) atoms. The Bertz CT molecular complexity index is 385. The molecule has 120 valence electrons. The van der Waals surface area contributed by atoms with Crippen molar-refractivity contribution >= 4 is 0 Å². The summed E-state index contributed by atoms with van der Waals surface area (Å²) in [6.45, 7) is 14.7. The van der Waals surface area contributed by atoms with Crippen LogP contribution in [0.5, 0.6) is 0 Å². The van der Waals surface area contributed by atoms with Gasteiger partial charge in [0.2, 0.25) is 0 Å². The van der Waals surface area contributed by atoms with Crippen LogP contribution in [0.1, 0.15) is 52.2 Å². The summed E-state index contributed by atoms with van der Waals surface area (Å²) in [6, 6.07) is 9.72. The molecule has 0 amide bonds. The predicted octanol–water partition coefficient (Wildman–Crippen LogP) is 3.85. The van der Waals surface area contributed by atoms with E-state index in [1.54, 1.807) is 0 Å². The second kappa shape index (κ2) is 8.55. The van der Waals surface area contributed by atoms with Crippen LogP contribution >= 0.6 is 0 Å². The van der Waals surface area contributed by atoms with E-state index in [0.29, 0.717) is 6.04 Å². The van der Waals surface area contributed by atoms with Gasteiger partial charge in [0.25, 0.3) is 0 Å². The zero-order chi connectivity index (χ0) is 15.9. The maximum absolute atomic E-state index is 3.47. The van der Waals surface area contributed by atoms with Crippen molar-refractivity contribution in [2.24, 2.45) is 0 Å². The molecule has 1 aromatic carbocycles. The minimum atomic E-state index is 0.240. The molecule has 1 N–H and O–H groups in total.